The van der Waals surface area contributed by atoms with E-state index in [1.807, 2.05) is 0 Å². The number of rotatable bonds is 9. The van der Waals surface area contributed by atoms with Gasteiger partial charge in [-0.25, -0.2) is 4.79 Å². The van der Waals surface area contributed by atoms with Gasteiger partial charge in [-0.1, -0.05) is 24.1 Å². The molecule has 2 atom stereocenters. The maximum Gasteiger partial charge on any atom is 0.408 e. The zero-order valence-corrected chi connectivity index (χ0v) is 24.0. The molecule has 214 valence electrons. The van der Waals surface area contributed by atoms with Crippen LogP contribution in [0.25, 0.3) is 0 Å². The van der Waals surface area contributed by atoms with E-state index >= 15 is 0 Å². The van der Waals surface area contributed by atoms with Crippen LogP contribution in [0.3, 0.4) is 0 Å². The van der Waals surface area contributed by atoms with Crippen LogP contribution in [0, 0.1) is 12.3 Å². The van der Waals surface area contributed by atoms with Gasteiger partial charge in [-0.15, -0.1) is 6.42 Å². The molecule has 10 heteroatoms. The minimum Gasteiger partial charge on any atom is -0.497 e. The molecule has 2 aromatic rings. The molecule has 0 bridgehead atoms. The maximum absolute atomic E-state index is 14.2. The third-order valence-corrected chi connectivity index (χ3v) is 5.63. The molecule has 0 aliphatic heterocycles. The van der Waals surface area contributed by atoms with E-state index in [9.17, 15) is 19.2 Å². The molecule has 2 aromatic carbocycles. The van der Waals surface area contributed by atoms with Gasteiger partial charge in [0.1, 0.15) is 23.4 Å². The van der Waals surface area contributed by atoms with E-state index in [0.29, 0.717) is 22.6 Å². The molecule has 40 heavy (non-hydrogen) atoms. The summed E-state index contributed by atoms with van der Waals surface area (Å²) in [6, 6.07) is 10.8. The molecule has 4 N–H and O–H groups in total. The first-order chi connectivity index (χ1) is 18.6. The van der Waals surface area contributed by atoms with E-state index in [-0.39, 0.29) is 0 Å². The predicted octanol–water partition coefficient (Wildman–Crippen LogP) is 3.75. The van der Waals surface area contributed by atoms with Crippen molar-refractivity contribution in [3.8, 4) is 18.1 Å². The molecule has 0 radical (unpaired) electrons. The number of terminal acetylenes is 1. The van der Waals surface area contributed by atoms with Gasteiger partial charge in [0.25, 0.3) is 5.91 Å². The Hall–Kier alpha value is -4.52. The number of ether oxygens (including phenoxy) is 2. The number of hydrogen-bond donors (Lipinski definition) is 3. The van der Waals surface area contributed by atoms with Crippen LogP contribution in [0.1, 0.15) is 65.1 Å². The summed E-state index contributed by atoms with van der Waals surface area (Å²) in [4.78, 5) is 54.0. The first kappa shape index (κ1) is 31.7. The number of carbonyl (C=O) groups excluding carboxylic acids is 4. The molecule has 2 unspecified atom stereocenters. The summed E-state index contributed by atoms with van der Waals surface area (Å²) in [6.45, 7) is 10.2. The Morgan fingerprint density at radius 3 is 2.10 bits per heavy atom. The van der Waals surface area contributed by atoms with Gasteiger partial charge in [-0.3, -0.25) is 14.4 Å². The van der Waals surface area contributed by atoms with Crippen molar-refractivity contribution in [3.63, 3.8) is 0 Å². The molecule has 0 fully saturated rings. The van der Waals surface area contributed by atoms with Crippen molar-refractivity contribution in [1.29, 1.82) is 0 Å². The molecule has 0 aliphatic carbocycles. The first-order valence-corrected chi connectivity index (χ1v) is 12.7. The van der Waals surface area contributed by atoms with E-state index < -0.39 is 53.5 Å². The van der Waals surface area contributed by atoms with E-state index in [4.69, 9.17) is 21.6 Å². The maximum atomic E-state index is 14.2. The molecule has 0 aromatic heterocycles. The number of primary amides is 1. The molecular formula is C30H38N4O6. The lowest BCUT2D eigenvalue weighted by Crippen LogP contribution is -2.58. The van der Waals surface area contributed by atoms with E-state index in [2.05, 4.69) is 16.6 Å². The second kappa shape index (κ2) is 13.0. The smallest absolute Gasteiger partial charge is 0.408 e. The molecule has 4 amide bonds. The summed E-state index contributed by atoms with van der Waals surface area (Å²) >= 11 is 0. The van der Waals surface area contributed by atoms with Gasteiger partial charge >= 0.3 is 6.09 Å². The third kappa shape index (κ3) is 8.76. The molecule has 0 saturated carbocycles. The zero-order valence-electron chi connectivity index (χ0n) is 24.0. The Labute approximate surface area is 235 Å². The Morgan fingerprint density at radius 2 is 1.60 bits per heavy atom. The van der Waals surface area contributed by atoms with Crippen LogP contribution in [0.5, 0.6) is 5.75 Å². The monoisotopic (exact) mass is 550 g/mol. The lowest BCUT2D eigenvalue weighted by atomic mass is 9.92. The molecule has 2 rings (SSSR count). The number of alkyl carbamates (subject to hydrolysis) is 1. The van der Waals surface area contributed by atoms with Gasteiger partial charge in [0, 0.05) is 16.8 Å². The number of carbonyl (C=O) groups is 4. The number of methoxy groups -OCH3 is 1. The Morgan fingerprint density at radius 1 is 1.00 bits per heavy atom. The lowest BCUT2D eigenvalue weighted by molar-refractivity contribution is -0.147. The summed E-state index contributed by atoms with van der Waals surface area (Å²) in [6.07, 6.45) is 4.34. The standard InChI is InChI=1S/C30H38N4O6/c1-9-19-12-10-11-13-22(19)25(26(36)32-20-14-16-21(39-8)17-15-20)34(29(2,3)4)27(37)23(18-24(31)35)33-28(38)40-30(5,6)7/h1,10-17,23,25H,18H2,2-8H3,(H2,31,35)(H,32,36)(H,33,38). The van der Waals surface area contributed by atoms with Gasteiger partial charge < -0.3 is 30.7 Å². The van der Waals surface area contributed by atoms with Gasteiger partial charge in [0.15, 0.2) is 0 Å². The van der Waals surface area contributed by atoms with Crippen LogP contribution >= 0.6 is 0 Å². The Bertz CT molecular complexity index is 1270. The largest absolute Gasteiger partial charge is 0.497 e. The second-order valence-electron chi connectivity index (χ2n) is 11.1. The quantitative estimate of drug-likeness (QED) is 0.406. The number of anilines is 1. The minimum absolute atomic E-state index is 0.384. The Kier molecular flexibility index (Phi) is 10.3. The van der Waals surface area contributed by atoms with Crippen LogP contribution in [0.4, 0.5) is 10.5 Å². The van der Waals surface area contributed by atoms with Gasteiger partial charge in [0.05, 0.1) is 13.5 Å². The van der Waals surface area contributed by atoms with E-state index in [0.717, 1.165) is 0 Å². The predicted molar refractivity (Wildman–Crippen MR) is 152 cm³/mol. The number of hydrogen-bond acceptors (Lipinski definition) is 6. The number of amides is 4. The molecular weight excluding hydrogens is 512 g/mol. The van der Waals surface area contributed by atoms with Crippen molar-refractivity contribution in [2.45, 2.75) is 71.2 Å². The van der Waals surface area contributed by atoms with E-state index in [1.165, 1.54) is 12.0 Å². The molecule has 0 spiro atoms. The average Bonchev–Trinajstić information content (AvgIpc) is 2.84. The fourth-order valence-electron chi connectivity index (χ4n) is 4.01. The van der Waals surface area contributed by atoms with Crippen LogP contribution in [0.2, 0.25) is 0 Å². The zero-order chi connectivity index (χ0) is 30.3. The van der Waals surface area contributed by atoms with Gasteiger partial charge in [-0.2, -0.15) is 0 Å². The number of benzene rings is 2. The average molecular weight is 551 g/mol. The number of nitrogens with one attached hydrogen (secondary N) is 2. The highest BCUT2D eigenvalue weighted by atomic mass is 16.6. The summed E-state index contributed by atoms with van der Waals surface area (Å²) in [7, 11) is 1.53. The van der Waals surface area contributed by atoms with Crippen molar-refractivity contribution in [3.05, 3.63) is 59.7 Å². The highest BCUT2D eigenvalue weighted by molar-refractivity contribution is 6.00. The summed E-state index contributed by atoms with van der Waals surface area (Å²) in [5.41, 5.74) is 4.82. The molecule has 10 nitrogen and oxygen atoms in total. The van der Waals surface area contributed by atoms with Crippen molar-refractivity contribution >= 4 is 29.5 Å². The minimum atomic E-state index is -1.42. The fourth-order valence-corrected chi connectivity index (χ4v) is 4.01. The van der Waals surface area contributed by atoms with Gasteiger partial charge in [0.2, 0.25) is 11.8 Å². The van der Waals surface area contributed by atoms with Crippen LogP contribution in [0.15, 0.2) is 48.5 Å². The number of nitrogens with two attached hydrogens (primary N) is 1. The first-order valence-electron chi connectivity index (χ1n) is 12.7. The van der Waals surface area contributed by atoms with Crippen molar-refractivity contribution in [2.75, 3.05) is 12.4 Å². The SMILES string of the molecule is C#Cc1ccccc1C(C(=O)Nc1ccc(OC)cc1)N(C(=O)C(CC(N)=O)NC(=O)OC(C)(C)C)C(C)(C)C. The Balaban J connectivity index is 2.64. The van der Waals surface area contributed by atoms with Crippen molar-refractivity contribution in [2.24, 2.45) is 5.73 Å². The lowest BCUT2D eigenvalue weighted by Gasteiger charge is -2.43. The second-order valence-corrected chi connectivity index (χ2v) is 11.1. The highest BCUT2D eigenvalue weighted by Crippen LogP contribution is 2.33. The topological polar surface area (TPSA) is 140 Å². The highest BCUT2D eigenvalue weighted by Gasteiger charge is 2.43. The fraction of sp³-hybridized carbons (Fsp3) is 0.400. The van der Waals surface area contributed by atoms with Crippen LogP contribution in [-0.4, -0.2) is 53.0 Å². The third-order valence-electron chi connectivity index (χ3n) is 5.63. The van der Waals surface area contributed by atoms with Crippen LogP contribution in [-0.2, 0) is 19.1 Å². The summed E-state index contributed by atoms with van der Waals surface area (Å²) in [5, 5.41) is 5.30. The van der Waals surface area contributed by atoms with Crippen LogP contribution < -0.4 is 21.1 Å². The summed E-state index contributed by atoms with van der Waals surface area (Å²) < 4.78 is 10.5. The molecule has 0 saturated heterocycles. The summed E-state index contributed by atoms with van der Waals surface area (Å²) in [5.74, 6) is 1.06. The van der Waals surface area contributed by atoms with Gasteiger partial charge in [-0.05, 0) is 77.4 Å². The molecule has 0 heterocycles. The molecule has 0 aliphatic rings. The van der Waals surface area contributed by atoms with Crippen molar-refractivity contribution < 1.29 is 28.7 Å². The van der Waals surface area contributed by atoms with E-state index in [1.54, 1.807) is 90.1 Å². The number of nitrogens with zero attached hydrogens (tertiary/aromatic N) is 1. The normalized spacial score (nSPS) is 12.8. The van der Waals surface area contributed by atoms with Crippen molar-refractivity contribution in [1.82, 2.24) is 10.2 Å².